The summed E-state index contributed by atoms with van der Waals surface area (Å²) in [4.78, 5) is 3.04. The molecule has 1 aromatic carbocycles. The lowest BCUT2D eigenvalue weighted by atomic mass is 10.1. The highest BCUT2D eigenvalue weighted by molar-refractivity contribution is 6.34. The van der Waals surface area contributed by atoms with E-state index >= 15 is 0 Å². The van der Waals surface area contributed by atoms with Gasteiger partial charge in [-0.25, -0.2) is 0 Å². The van der Waals surface area contributed by atoms with Gasteiger partial charge in [-0.15, -0.1) is 0 Å². The lowest BCUT2D eigenvalue weighted by Gasteiger charge is -2.01. The number of nitrogens with one attached hydrogen (secondary N) is 1. The number of hydrogen-bond donors (Lipinski definition) is 2. The Hall–Kier alpha value is -1.15. The van der Waals surface area contributed by atoms with Crippen LogP contribution < -0.4 is 5.73 Å². The Kier molecular flexibility index (Phi) is 1.74. The summed E-state index contributed by atoms with van der Waals surface area (Å²) < 4.78 is 0. The Morgan fingerprint density at radius 2 is 2.00 bits per heavy atom. The predicted molar refractivity (Wildman–Crippen MR) is 57.2 cm³/mol. The maximum Gasteiger partial charge on any atom is 0.130 e. The third-order valence-electron chi connectivity index (χ3n) is 2.49. The van der Waals surface area contributed by atoms with Gasteiger partial charge in [0, 0.05) is 10.9 Å². The number of fused-ring (bicyclic) bond motifs is 1. The van der Waals surface area contributed by atoms with Gasteiger partial charge >= 0.3 is 0 Å². The quantitative estimate of drug-likeness (QED) is 0.665. The van der Waals surface area contributed by atoms with E-state index in [9.17, 15) is 0 Å². The van der Waals surface area contributed by atoms with Gasteiger partial charge in [0.1, 0.15) is 5.15 Å². The maximum absolute atomic E-state index is 5.90. The van der Waals surface area contributed by atoms with Crippen molar-refractivity contribution in [3.8, 4) is 0 Å². The van der Waals surface area contributed by atoms with E-state index in [1.807, 2.05) is 6.07 Å². The molecule has 0 amide bonds. The lowest BCUT2D eigenvalue weighted by molar-refractivity contribution is 1.38. The van der Waals surface area contributed by atoms with Gasteiger partial charge in [0.05, 0.1) is 5.69 Å². The molecule has 3 heteroatoms. The summed E-state index contributed by atoms with van der Waals surface area (Å²) in [5.41, 5.74) is 9.92. The number of aryl methyl sites for hydroxylation is 2. The van der Waals surface area contributed by atoms with Crippen molar-refractivity contribution in [1.29, 1.82) is 0 Å². The lowest BCUT2D eigenvalue weighted by Crippen LogP contribution is -1.86. The fourth-order valence-corrected chi connectivity index (χ4v) is 1.76. The highest BCUT2D eigenvalue weighted by Gasteiger charge is 2.09. The van der Waals surface area contributed by atoms with Gasteiger partial charge in [-0.3, -0.25) is 0 Å². The summed E-state index contributed by atoms with van der Waals surface area (Å²) in [5, 5.41) is 1.58. The highest BCUT2D eigenvalue weighted by Crippen LogP contribution is 2.32. The number of anilines is 1. The first-order valence-corrected chi connectivity index (χ1v) is 4.52. The van der Waals surface area contributed by atoms with E-state index in [0.29, 0.717) is 10.8 Å². The number of benzene rings is 1. The van der Waals surface area contributed by atoms with Crippen LogP contribution in [-0.2, 0) is 0 Å². The van der Waals surface area contributed by atoms with Crippen molar-refractivity contribution in [1.82, 2.24) is 4.98 Å². The Labute approximate surface area is 81.7 Å². The zero-order valence-corrected chi connectivity index (χ0v) is 8.37. The van der Waals surface area contributed by atoms with Crippen LogP contribution in [-0.4, -0.2) is 4.98 Å². The molecule has 0 aliphatic carbocycles. The van der Waals surface area contributed by atoms with E-state index in [1.165, 1.54) is 11.1 Å². The highest BCUT2D eigenvalue weighted by atomic mass is 35.5. The molecule has 0 spiro atoms. The van der Waals surface area contributed by atoms with Crippen molar-refractivity contribution in [3.63, 3.8) is 0 Å². The summed E-state index contributed by atoms with van der Waals surface area (Å²) in [5.74, 6) is 0. The van der Waals surface area contributed by atoms with Crippen LogP contribution in [0.15, 0.2) is 12.1 Å². The summed E-state index contributed by atoms with van der Waals surface area (Å²) >= 11 is 5.90. The van der Waals surface area contributed by atoms with Crippen LogP contribution >= 0.6 is 11.6 Å². The molecular formula is C10H11ClN2. The Morgan fingerprint density at radius 3 is 2.69 bits per heavy atom. The minimum Gasteiger partial charge on any atom is -0.396 e. The van der Waals surface area contributed by atoms with Crippen LogP contribution in [0.4, 0.5) is 5.69 Å². The smallest absolute Gasteiger partial charge is 0.130 e. The molecule has 0 saturated carbocycles. The SMILES string of the molecule is Cc1ccc2[nH]c(Cl)c(N)c2c1C. The largest absolute Gasteiger partial charge is 0.396 e. The van der Waals surface area contributed by atoms with Crippen LogP contribution in [0.5, 0.6) is 0 Å². The van der Waals surface area contributed by atoms with Gasteiger partial charge in [-0.2, -0.15) is 0 Å². The predicted octanol–water partition coefficient (Wildman–Crippen LogP) is 3.02. The standard InChI is InChI=1S/C10H11ClN2/c1-5-3-4-7-8(6(5)2)9(12)10(11)13-7/h3-4,13H,12H2,1-2H3. The van der Waals surface area contributed by atoms with Crippen molar-refractivity contribution in [2.75, 3.05) is 5.73 Å². The first-order chi connectivity index (χ1) is 6.11. The second-order valence-electron chi connectivity index (χ2n) is 3.28. The molecule has 2 nitrogen and oxygen atoms in total. The molecule has 0 radical (unpaired) electrons. The molecule has 0 fully saturated rings. The summed E-state index contributed by atoms with van der Waals surface area (Å²) in [7, 11) is 0. The minimum absolute atomic E-state index is 0.531. The van der Waals surface area contributed by atoms with Crippen molar-refractivity contribution < 1.29 is 0 Å². The molecular weight excluding hydrogens is 184 g/mol. The van der Waals surface area contributed by atoms with Gasteiger partial charge in [-0.05, 0) is 31.0 Å². The van der Waals surface area contributed by atoms with E-state index in [-0.39, 0.29) is 0 Å². The first kappa shape index (κ1) is 8.45. The zero-order chi connectivity index (χ0) is 9.59. The molecule has 0 bridgehead atoms. The van der Waals surface area contributed by atoms with E-state index in [4.69, 9.17) is 17.3 Å². The average Bonchev–Trinajstić information content (AvgIpc) is 2.37. The minimum atomic E-state index is 0.531. The third-order valence-corrected chi connectivity index (χ3v) is 2.78. The number of aromatic nitrogens is 1. The zero-order valence-electron chi connectivity index (χ0n) is 7.61. The number of hydrogen-bond acceptors (Lipinski definition) is 1. The second-order valence-corrected chi connectivity index (χ2v) is 3.66. The normalized spacial score (nSPS) is 11.0. The molecule has 2 aromatic rings. The average molecular weight is 195 g/mol. The Morgan fingerprint density at radius 1 is 1.31 bits per heavy atom. The topological polar surface area (TPSA) is 41.8 Å². The molecule has 1 aromatic heterocycles. The Bertz CT molecular complexity index is 471. The van der Waals surface area contributed by atoms with Crippen LogP contribution in [0.1, 0.15) is 11.1 Å². The number of H-pyrrole nitrogens is 1. The van der Waals surface area contributed by atoms with E-state index in [1.54, 1.807) is 0 Å². The summed E-state index contributed by atoms with van der Waals surface area (Å²) in [6.07, 6.45) is 0. The maximum atomic E-state index is 5.90. The van der Waals surface area contributed by atoms with E-state index in [2.05, 4.69) is 24.9 Å². The van der Waals surface area contributed by atoms with Gasteiger partial charge in [0.15, 0.2) is 0 Å². The molecule has 0 saturated heterocycles. The molecule has 1 heterocycles. The first-order valence-electron chi connectivity index (χ1n) is 4.14. The molecule has 0 aliphatic rings. The fraction of sp³-hybridized carbons (Fsp3) is 0.200. The fourth-order valence-electron chi connectivity index (χ4n) is 1.56. The van der Waals surface area contributed by atoms with Crippen LogP contribution in [0.3, 0.4) is 0 Å². The summed E-state index contributed by atoms with van der Waals surface area (Å²) in [6.45, 7) is 4.12. The molecule has 68 valence electrons. The number of aromatic amines is 1. The number of rotatable bonds is 0. The molecule has 0 unspecified atom stereocenters. The Balaban J connectivity index is 2.97. The van der Waals surface area contributed by atoms with E-state index in [0.717, 1.165) is 10.9 Å². The molecule has 3 N–H and O–H groups in total. The molecule has 0 atom stereocenters. The molecule has 13 heavy (non-hydrogen) atoms. The van der Waals surface area contributed by atoms with Crippen LogP contribution in [0.2, 0.25) is 5.15 Å². The molecule has 0 aliphatic heterocycles. The second kappa shape index (κ2) is 2.67. The molecule has 2 rings (SSSR count). The van der Waals surface area contributed by atoms with Crippen molar-refractivity contribution in [3.05, 3.63) is 28.4 Å². The van der Waals surface area contributed by atoms with E-state index < -0.39 is 0 Å². The van der Waals surface area contributed by atoms with Gasteiger partial charge in [-0.1, -0.05) is 17.7 Å². The third kappa shape index (κ3) is 1.10. The number of halogens is 1. The number of nitrogen functional groups attached to an aromatic ring is 1. The van der Waals surface area contributed by atoms with Crippen LogP contribution in [0.25, 0.3) is 10.9 Å². The monoisotopic (exact) mass is 194 g/mol. The van der Waals surface area contributed by atoms with Gasteiger partial charge in [0.2, 0.25) is 0 Å². The van der Waals surface area contributed by atoms with Gasteiger partial charge in [0.25, 0.3) is 0 Å². The van der Waals surface area contributed by atoms with Crippen molar-refractivity contribution >= 4 is 28.2 Å². The van der Waals surface area contributed by atoms with Crippen molar-refractivity contribution in [2.24, 2.45) is 0 Å². The van der Waals surface area contributed by atoms with Gasteiger partial charge < -0.3 is 10.7 Å². The van der Waals surface area contributed by atoms with Crippen LogP contribution in [0, 0.1) is 13.8 Å². The van der Waals surface area contributed by atoms with Crippen molar-refractivity contribution in [2.45, 2.75) is 13.8 Å². The summed E-state index contributed by atoms with van der Waals surface area (Å²) in [6, 6.07) is 4.06. The number of nitrogens with two attached hydrogens (primary N) is 1.